The van der Waals surface area contributed by atoms with E-state index < -0.39 is 0 Å². The third-order valence-corrected chi connectivity index (χ3v) is 18.7. The van der Waals surface area contributed by atoms with Crippen molar-refractivity contribution in [1.82, 2.24) is 15.0 Å². The lowest BCUT2D eigenvalue weighted by Crippen LogP contribution is -2.31. The monoisotopic (exact) mass is 1290 g/mol. The molecule has 15 rings (SSSR count). The smallest absolute Gasteiger partial charge is 0.227 e. The van der Waals surface area contributed by atoms with Crippen LogP contribution in [-0.4, -0.2) is 15.0 Å². The SMILES string of the molecule is Cc1ccc2c(oc3ncccc32)c1-c1ccc(-c2cc(C(C)C)c(F)c(C(C)C)c2)c[n+]1C.Cc1ccc2c(oc3ncccc32)c1-c1ccc(-c2ccc(F)c(C(C)C)c2)c[n+]1C.Cc1ccc2c(oc3ncccc32)c1-c1ccc(-c2ccc(F)c(CC(C)C)c2)c[n+]1C. The van der Waals surface area contributed by atoms with Crippen molar-refractivity contribution in [2.75, 3.05) is 0 Å². The second-order valence-corrected chi connectivity index (χ2v) is 27.1. The van der Waals surface area contributed by atoms with Crippen LogP contribution >= 0.6 is 0 Å². The normalized spacial score (nSPS) is 11.8. The minimum atomic E-state index is -0.152. The first-order valence-corrected chi connectivity index (χ1v) is 33.3. The second-order valence-electron chi connectivity index (χ2n) is 27.1. The molecule has 0 saturated heterocycles. The number of benzene rings is 6. The molecule has 9 nitrogen and oxygen atoms in total. The van der Waals surface area contributed by atoms with Crippen molar-refractivity contribution in [2.24, 2.45) is 27.1 Å². The molecule has 6 aromatic carbocycles. The lowest BCUT2D eigenvalue weighted by Gasteiger charge is -2.16. The summed E-state index contributed by atoms with van der Waals surface area (Å²) in [4.78, 5) is 13.2. The molecular formula is C85H80F3N6O3+3. The summed E-state index contributed by atoms with van der Waals surface area (Å²) in [5.41, 5.74) is 23.5. The molecule has 0 saturated carbocycles. The Morgan fingerprint density at radius 2 is 0.701 bits per heavy atom. The topological polar surface area (TPSA) is 89.7 Å². The molecule has 0 spiro atoms. The molecule has 0 radical (unpaired) electrons. The van der Waals surface area contributed by atoms with Crippen LogP contribution in [0.3, 0.4) is 0 Å². The summed E-state index contributed by atoms with van der Waals surface area (Å²) in [5.74, 6) is 0.412. The van der Waals surface area contributed by atoms with E-state index in [-0.39, 0.29) is 35.2 Å². The first-order chi connectivity index (χ1) is 46.6. The van der Waals surface area contributed by atoms with Crippen LogP contribution in [0.4, 0.5) is 13.2 Å². The molecule has 0 aliphatic heterocycles. The average molecular weight is 1290 g/mol. The first kappa shape index (κ1) is 65.1. The molecule has 12 heteroatoms. The summed E-state index contributed by atoms with van der Waals surface area (Å²) >= 11 is 0. The quantitative estimate of drug-likeness (QED) is 0.120. The molecule has 0 fully saturated rings. The number of aryl methyl sites for hydroxylation is 6. The summed E-state index contributed by atoms with van der Waals surface area (Å²) in [6.45, 7) is 22.7. The predicted octanol–water partition coefficient (Wildman–Crippen LogP) is 21.3. The minimum absolute atomic E-state index is 0.0736. The van der Waals surface area contributed by atoms with Gasteiger partial charge in [0, 0.05) is 85.8 Å². The molecule has 15 aromatic rings. The number of furan rings is 3. The van der Waals surface area contributed by atoms with Gasteiger partial charge in [-0.1, -0.05) is 104 Å². The van der Waals surface area contributed by atoms with Crippen LogP contribution in [0.15, 0.2) is 208 Å². The van der Waals surface area contributed by atoms with Crippen molar-refractivity contribution in [3.05, 3.63) is 251 Å². The van der Waals surface area contributed by atoms with E-state index >= 15 is 4.39 Å². The standard InChI is InChI=1S/C30H30FN2O.C28H26FN2O.C27H24FN2O/c1-17(2)24-14-21(15-25(18(3)4)28(24)31)20-10-12-26(33(6)16-20)27-19(5)9-11-22-23-8-7-13-32-30(23)34-29(22)27;1-17(2)14-21-15-19(8-11-24(21)29)20-9-12-25(31(4)16-20)26-18(3)7-10-22-23-6-5-13-30-28(23)32-27(22)26;1-16(2)22-14-18(8-11-23(22)28)19-9-12-24(30(4)15-19)25-17(3)7-10-20-21-6-5-13-29-27(21)31-26(20)25/h7-18H,1-6H3;5-13,15-17H,14H2,1-4H3;5-16H,1-4H3/q3*+1. The molecule has 97 heavy (non-hydrogen) atoms. The Morgan fingerprint density at radius 3 is 1.06 bits per heavy atom. The zero-order valence-electron chi connectivity index (χ0n) is 57.5. The van der Waals surface area contributed by atoms with Gasteiger partial charge in [0.2, 0.25) is 34.2 Å². The van der Waals surface area contributed by atoms with Crippen LogP contribution in [0.5, 0.6) is 0 Å². The fourth-order valence-electron chi connectivity index (χ4n) is 13.6. The fraction of sp³-hybridized carbons (Fsp3) is 0.224. The highest BCUT2D eigenvalue weighted by Crippen LogP contribution is 2.41. The molecule has 0 aliphatic carbocycles. The van der Waals surface area contributed by atoms with Gasteiger partial charge < -0.3 is 13.3 Å². The van der Waals surface area contributed by atoms with Crippen molar-refractivity contribution < 1.29 is 40.1 Å². The van der Waals surface area contributed by atoms with Crippen LogP contribution in [0.2, 0.25) is 0 Å². The van der Waals surface area contributed by atoms with Crippen molar-refractivity contribution in [3.8, 4) is 67.2 Å². The van der Waals surface area contributed by atoms with E-state index in [0.717, 1.165) is 162 Å². The molecule has 0 amide bonds. The molecular weight excluding hydrogens is 1210 g/mol. The Bertz CT molecular complexity index is 5510. The van der Waals surface area contributed by atoms with E-state index in [2.05, 4.69) is 155 Å². The van der Waals surface area contributed by atoms with Crippen molar-refractivity contribution >= 4 is 66.2 Å². The maximum Gasteiger partial charge on any atom is 0.227 e. The third-order valence-electron chi connectivity index (χ3n) is 18.7. The average Bonchev–Trinajstić information content (AvgIpc) is 1.75. The van der Waals surface area contributed by atoms with Gasteiger partial charge in [-0.2, -0.15) is 0 Å². The van der Waals surface area contributed by atoms with Crippen LogP contribution in [0.25, 0.3) is 133 Å². The van der Waals surface area contributed by atoms with Crippen LogP contribution in [0.1, 0.15) is 112 Å². The minimum Gasteiger partial charge on any atom is -0.437 e. The lowest BCUT2D eigenvalue weighted by molar-refractivity contribution is -0.660. The highest BCUT2D eigenvalue weighted by Gasteiger charge is 2.27. The number of aromatic nitrogens is 6. The Kier molecular flexibility index (Phi) is 17.8. The van der Waals surface area contributed by atoms with Gasteiger partial charge >= 0.3 is 0 Å². The van der Waals surface area contributed by atoms with Gasteiger partial charge in [-0.05, 0) is 197 Å². The fourth-order valence-corrected chi connectivity index (χ4v) is 13.6. The molecule has 0 unspecified atom stereocenters. The first-order valence-electron chi connectivity index (χ1n) is 33.3. The number of hydrogen-bond donors (Lipinski definition) is 0. The van der Waals surface area contributed by atoms with E-state index in [1.807, 2.05) is 135 Å². The second kappa shape index (κ2) is 26.5. The van der Waals surface area contributed by atoms with Crippen molar-refractivity contribution in [1.29, 1.82) is 0 Å². The van der Waals surface area contributed by atoms with E-state index in [1.165, 1.54) is 0 Å². The summed E-state index contributed by atoms with van der Waals surface area (Å²) < 4.78 is 68.5. The van der Waals surface area contributed by atoms with E-state index in [1.54, 1.807) is 30.7 Å². The largest absolute Gasteiger partial charge is 0.437 e. The molecule has 0 atom stereocenters. The summed E-state index contributed by atoms with van der Waals surface area (Å²) in [6.07, 6.45) is 12.3. The molecule has 9 aromatic heterocycles. The highest BCUT2D eigenvalue weighted by molar-refractivity contribution is 6.11. The molecule has 0 aliphatic rings. The predicted molar refractivity (Wildman–Crippen MR) is 386 cm³/mol. The van der Waals surface area contributed by atoms with Crippen molar-refractivity contribution in [3.63, 3.8) is 0 Å². The number of rotatable bonds is 11. The van der Waals surface area contributed by atoms with Crippen LogP contribution in [0, 0.1) is 44.1 Å². The van der Waals surface area contributed by atoms with Crippen molar-refractivity contribution in [2.45, 2.75) is 100 Å². The summed E-state index contributed by atoms with van der Waals surface area (Å²) in [5, 5.41) is 6.25. The van der Waals surface area contributed by atoms with E-state index in [0.29, 0.717) is 23.1 Å². The van der Waals surface area contributed by atoms with Gasteiger partial charge in [-0.15, -0.1) is 0 Å². The Hall–Kier alpha value is -10.6. The van der Waals surface area contributed by atoms with Gasteiger partial charge in [0.05, 0.1) is 16.7 Å². The third kappa shape index (κ3) is 12.5. The Labute approximate surface area is 564 Å². The molecule has 486 valence electrons. The zero-order chi connectivity index (χ0) is 68.2. The number of nitrogens with zero attached hydrogens (tertiary/aromatic N) is 6. The Balaban J connectivity index is 0.000000131. The van der Waals surface area contributed by atoms with Gasteiger partial charge in [0.15, 0.2) is 35.3 Å². The molecule has 9 heterocycles. The number of pyridine rings is 6. The van der Waals surface area contributed by atoms with Gasteiger partial charge in [0.1, 0.15) is 38.6 Å². The van der Waals surface area contributed by atoms with Gasteiger partial charge in [-0.25, -0.2) is 41.8 Å². The molecule has 0 N–H and O–H groups in total. The molecule has 0 bridgehead atoms. The van der Waals surface area contributed by atoms with Gasteiger partial charge in [0.25, 0.3) is 0 Å². The van der Waals surface area contributed by atoms with E-state index in [9.17, 15) is 8.78 Å². The number of fused-ring (bicyclic) bond motifs is 9. The van der Waals surface area contributed by atoms with Crippen LogP contribution < -0.4 is 13.7 Å². The summed E-state index contributed by atoms with van der Waals surface area (Å²) in [7, 11) is 6.12. The van der Waals surface area contributed by atoms with E-state index in [4.69, 9.17) is 13.3 Å². The Morgan fingerprint density at radius 1 is 0.361 bits per heavy atom. The lowest BCUT2D eigenvalue weighted by atomic mass is 9.90. The maximum absolute atomic E-state index is 15.1. The number of halogens is 3. The summed E-state index contributed by atoms with van der Waals surface area (Å²) in [6, 6.07) is 52.0. The maximum atomic E-state index is 15.1. The number of hydrogen-bond acceptors (Lipinski definition) is 6. The van der Waals surface area contributed by atoms with Gasteiger partial charge in [-0.3, -0.25) is 0 Å². The highest BCUT2D eigenvalue weighted by atomic mass is 19.1. The zero-order valence-corrected chi connectivity index (χ0v) is 57.5. The van der Waals surface area contributed by atoms with Crippen LogP contribution in [-0.2, 0) is 27.6 Å².